The van der Waals surface area contributed by atoms with E-state index >= 15 is 0 Å². The number of thioether (sulfide) groups is 1. The summed E-state index contributed by atoms with van der Waals surface area (Å²) in [6.07, 6.45) is 5.99. The van der Waals surface area contributed by atoms with E-state index < -0.39 is 10.9 Å². The summed E-state index contributed by atoms with van der Waals surface area (Å²) in [6, 6.07) is -0.185. The van der Waals surface area contributed by atoms with Crippen molar-refractivity contribution in [2.24, 2.45) is 5.73 Å². The van der Waals surface area contributed by atoms with Crippen molar-refractivity contribution in [1.29, 1.82) is 0 Å². The molecule has 23 heavy (non-hydrogen) atoms. The summed E-state index contributed by atoms with van der Waals surface area (Å²) in [5.41, 5.74) is 5.57. The Hall–Kier alpha value is -0.750. The predicted molar refractivity (Wildman–Crippen MR) is 95.1 cm³/mol. The Kier molecular flexibility index (Phi) is 5.67. The van der Waals surface area contributed by atoms with Crippen LogP contribution in [0.2, 0.25) is 0 Å². The number of amides is 2. The molecule has 0 spiro atoms. The Morgan fingerprint density at radius 2 is 1.78 bits per heavy atom. The van der Waals surface area contributed by atoms with Crippen LogP contribution < -0.4 is 11.1 Å². The fourth-order valence-electron chi connectivity index (χ4n) is 4.02. The van der Waals surface area contributed by atoms with Gasteiger partial charge in [0.15, 0.2) is 0 Å². The van der Waals surface area contributed by atoms with Crippen molar-refractivity contribution in [3.8, 4) is 0 Å². The molecule has 3 N–H and O–H groups in total. The summed E-state index contributed by atoms with van der Waals surface area (Å²) in [7, 11) is 0. The summed E-state index contributed by atoms with van der Waals surface area (Å²) in [4.78, 5) is 27.0. The number of nitrogens with zero attached hydrogens (tertiary/aromatic N) is 1. The van der Waals surface area contributed by atoms with Crippen LogP contribution in [0.1, 0.15) is 66.2 Å². The quantitative estimate of drug-likeness (QED) is 0.822. The topological polar surface area (TPSA) is 75.4 Å². The van der Waals surface area contributed by atoms with Gasteiger partial charge >= 0.3 is 0 Å². The molecule has 132 valence electrons. The lowest BCUT2D eigenvalue weighted by molar-refractivity contribution is -0.143. The number of carbonyl (C=O) groups is 2. The van der Waals surface area contributed by atoms with E-state index in [2.05, 4.69) is 19.2 Å². The molecule has 1 saturated carbocycles. The van der Waals surface area contributed by atoms with E-state index in [9.17, 15) is 9.59 Å². The van der Waals surface area contributed by atoms with Gasteiger partial charge in [-0.2, -0.15) is 0 Å². The summed E-state index contributed by atoms with van der Waals surface area (Å²) in [5, 5.41) is 3.20. The lowest BCUT2D eigenvalue weighted by Crippen LogP contribution is -2.58. The van der Waals surface area contributed by atoms with Crippen molar-refractivity contribution in [3.63, 3.8) is 0 Å². The Bertz CT molecular complexity index is 459. The average Bonchev–Trinajstić information content (AvgIpc) is 2.64. The molecule has 1 heterocycles. The third kappa shape index (κ3) is 4.02. The van der Waals surface area contributed by atoms with Crippen molar-refractivity contribution in [2.75, 3.05) is 6.54 Å². The van der Waals surface area contributed by atoms with Gasteiger partial charge in [-0.25, -0.2) is 0 Å². The second kappa shape index (κ2) is 7.01. The largest absolute Gasteiger partial charge is 0.352 e. The van der Waals surface area contributed by atoms with Crippen LogP contribution in [0.3, 0.4) is 0 Å². The summed E-state index contributed by atoms with van der Waals surface area (Å²) in [6.45, 7) is 8.46. The number of carbonyl (C=O) groups excluding carboxylic acids is 2. The number of hydrogen-bond acceptors (Lipinski definition) is 4. The van der Waals surface area contributed by atoms with Crippen molar-refractivity contribution >= 4 is 23.6 Å². The normalized spacial score (nSPS) is 27.0. The molecule has 0 aromatic heterocycles. The van der Waals surface area contributed by atoms with Crippen LogP contribution in [0.15, 0.2) is 0 Å². The van der Waals surface area contributed by atoms with Gasteiger partial charge in [0.2, 0.25) is 11.8 Å². The molecule has 5 nitrogen and oxygen atoms in total. The molecular formula is C17H31N3O2S. The first-order valence-electron chi connectivity index (χ1n) is 8.72. The minimum Gasteiger partial charge on any atom is -0.352 e. The van der Waals surface area contributed by atoms with E-state index in [0.717, 1.165) is 12.8 Å². The van der Waals surface area contributed by atoms with Crippen LogP contribution in [-0.2, 0) is 9.59 Å². The second-order valence-corrected chi connectivity index (χ2v) is 9.96. The number of nitrogens with one attached hydrogen (secondary N) is 1. The SMILES string of the molecule is CC1(C)SC(C)(C)N(C(=O)CCN)C1C(=O)NC1CCCCC1. The molecule has 0 radical (unpaired) electrons. The van der Waals surface area contributed by atoms with Gasteiger partial charge in [0, 0.05) is 23.8 Å². The molecule has 2 amide bonds. The molecule has 2 fully saturated rings. The zero-order chi connectivity index (χ0) is 17.3. The summed E-state index contributed by atoms with van der Waals surface area (Å²) < 4.78 is -0.313. The van der Waals surface area contributed by atoms with E-state index in [1.165, 1.54) is 19.3 Å². The monoisotopic (exact) mass is 341 g/mol. The molecule has 0 aromatic carbocycles. The van der Waals surface area contributed by atoms with Crippen LogP contribution in [0, 0.1) is 0 Å². The number of hydrogen-bond donors (Lipinski definition) is 2. The summed E-state index contributed by atoms with van der Waals surface area (Å²) in [5.74, 6) is -0.0373. The summed E-state index contributed by atoms with van der Waals surface area (Å²) >= 11 is 1.69. The molecular weight excluding hydrogens is 310 g/mol. The van der Waals surface area contributed by atoms with E-state index in [-0.39, 0.29) is 29.0 Å². The van der Waals surface area contributed by atoms with Crippen molar-refractivity contribution in [3.05, 3.63) is 0 Å². The van der Waals surface area contributed by atoms with Crippen LogP contribution >= 0.6 is 11.8 Å². The maximum Gasteiger partial charge on any atom is 0.244 e. The van der Waals surface area contributed by atoms with Crippen molar-refractivity contribution < 1.29 is 9.59 Å². The molecule has 6 heteroatoms. The molecule has 1 unspecified atom stereocenters. The minimum atomic E-state index is -0.441. The van der Waals surface area contributed by atoms with Crippen LogP contribution in [-0.4, -0.2) is 45.0 Å². The van der Waals surface area contributed by atoms with Crippen molar-refractivity contribution in [2.45, 2.75) is 87.9 Å². The van der Waals surface area contributed by atoms with Gasteiger partial charge in [0.25, 0.3) is 0 Å². The number of rotatable bonds is 4. The lowest BCUT2D eigenvalue weighted by atomic mass is 9.93. The Labute approximate surface area is 144 Å². The van der Waals surface area contributed by atoms with Crippen LogP contribution in [0.5, 0.6) is 0 Å². The number of nitrogens with two attached hydrogens (primary N) is 1. The van der Waals surface area contributed by atoms with E-state index in [1.807, 2.05) is 13.8 Å². The Morgan fingerprint density at radius 3 is 2.35 bits per heavy atom. The fraction of sp³-hybridized carbons (Fsp3) is 0.882. The molecule has 0 aromatic rings. The van der Waals surface area contributed by atoms with Crippen LogP contribution in [0.4, 0.5) is 0 Å². The van der Waals surface area contributed by atoms with Crippen molar-refractivity contribution in [1.82, 2.24) is 10.2 Å². The maximum atomic E-state index is 13.0. The first-order chi connectivity index (χ1) is 10.7. The molecule has 1 aliphatic carbocycles. The van der Waals surface area contributed by atoms with Crippen LogP contribution in [0.25, 0.3) is 0 Å². The highest BCUT2D eigenvalue weighted by Crippen LogP contribution is 2.51. The van der Waals surface area contributed by atoms with E-state index in [0.29, 0.717) is 6.54 Å². The third-order valence-corrected chi connectivity index (χ3v) is 6.28. The molecule has 1 saturated heterocycles. The highest BCUT2D eigenvalue weighted by Gasteiger charge is 2.56. The smallest absolute Gasteiger partial charge is 0.244 e. The predicted octanol–water partition coefficient (Wildman–Crippen LogP) is 2.24. The molecule has 2 aliphatic rings. The van der Waals surface area contributed by atoms with Gasteiger partial charge < -0.3 is 16.0 Å². The van der Waals surface area contributed by atoms with Gasteiger partial charge in [0.05, 0.1) is 4.87 Å². The Morgan fingerprint density at radius 1 is 1.17 bits per heavy atom. The zero-order valence-electron chi connectivity index (χ0n) is 14.9. The highest BCUT2D eigenvalue weighted by molar-refractivity contribution is 8.02. The van der Waals surface area contributed by atoms with Gasteiger partial charge in [-0.1, -0.05) is 19.3 Å². The van der Waals surface area contributed by atoms with Gasteiger partial charge in [0.1, 0.15) is 6.04 Å². The van der Waals surface area contributed by atoms with Gasteiger partial charge in [-0.05, 0) is 40.5 Å². The van der Waals surface area contributed by atoms with Gasteiger partial charge in [-0.3, -0.25) is 9.59 Å². The first-order valence-corrected chi connectivity index (χ1v) is 9.53. The molecule has 2 rings (SSSR count). The standard InChI is InChI=1S/C17H31N3O2S/c1-16(2)14(15(22)19-12-8-6-5-7-9-12)20(13(21)10-11-18)17(3,4)23-16/h12,14H,5-11,18H2,1-4H3,(H,19,22). The second-order valence-electron chi connectivity index (χ2n) is 7.70. The molecule has 0 bridgehead atoms. The average molecular weight is 342 g/mol. The van der Waals surface area contributed by atoms with Gasteiger partial charge in [-0.15, -0.1) is 11.8 Å². The minimum absolute atomic E-state index is 0.00894. The highest BCUT2D eigenvalue weighted by atomic mass is 32.2. The molecule has 1 aliphatic heterocycles. The first kappa shape index (κ1) is 18.6. The van der Waals surface area contributed by atoms with E-state index in [1.54, 1.807) is 16.7 Å². The zero-order valence-corrected chi connectivity index (χ0v) is 15.7. The lowest BCUT2D eigenvalue weighted by Gasteiger charge is -2.36. The fourth-order valence-corrected chi connectivity index (χ4v) is 5.94. The van der Waals surface area contributed by atoms with E-state index in [4.69, 9.17) is 5.73 Å². The third-order valence-electron chi connectivity index (χ3n) is 4.84. The maximum absolute atomic E-state index is 13.0. The Balaban J connectivity index is 2.19. The molecule has 1 atom stereocenters.